The van der Waals surface area contributed by atoms with E-state index in [1.807, 2.05) is 16.9 Å². The number of nitrogens with zero attached hydrogens (tertiary/aromatic N) is 4. The van der Waals surface area contributed by atoms with Gasteiger partial charge in [-0.3, -0.25) is 19.2 Å². The highest BCUT2D eigenvalue weighted by Crippen LogP contribution is 2.24. The van der Waals surface area contributed by atoms with Crippen molar-refractivity contribution in [2.45, 2.75) is 44.7 Å². The molecule has 3 heterocycles. The lowest BCUT2D eigenvalue weighted by Gasteiger charge is -2.37. The maximum atomic E-state index is 12.7. The average molecular weight is 334 g/mol. The Labute approximate surface area is 142 Å². The van der Waals surface area contributed by atoms with Crippen LogP contribution in [-0.4, -0.2) is 68.8 Å². The van der Waals surface area contributed by atoms with Crippen LogP contribution in [0, 0.1) is 5.92 Å². The third-order valence-electron chi connectivity index (χ3n) is 5.17. The molecule has 0 saturated carbocycles. The highest BCUT2D eigenvalue weighted by molar-refractivity contribution is 5.85. The maximum absolute atomic E-state index is 12.7. The Morgan fingerprint density at radius 1 is 1.21 bits per heavy atom. The summed E-state index contributed by atoms with van der Waals surface area (Å²) >= 11 is 0. The van der Waals surface area contributed by atoms with Gasteiger partial charge in [-0.2, -0.15) is 5.10 Å². The molecular weight excluding hydrogens is 308 g/mol. The van der Waals surface area contributed by atoms with E-state index in [1.54, 1.807) is 6.20 Å². The van der Waals surface area contributed by atoms with E-state index in [0.29, 0.717) is 12.5 Å². The van der Waals surface area contributed by atoms with Crippen molar-refractivity contribution >= 4 is 11.9 Å². The Bertz CT molecular complexity index is 552. The predicted octanol–water partition coefficient (Wildman–Crippen LogP) is 1.06. The maximum Gasteiger partial charge on any atom is 0.323 e. The molecular formula is C17H26N4O3. The Morgan fingerprint density at radius 3 is 2.67 bits per heavy atom. The molecule has 2 saturated heterocycles. The molecule has 2 aliphatic heterocycles. The minimum Gasteiger partial charge on any atom is -0.480 e. The van der Waals surface area contributed by atoms with Crippen LogP contribution in [0.2, 0.25) is 0 Å². The molecule has 1 N–H and O–H groups in total. The number of carbonyl (C=O) groups is 2. The van der Waals surface area contributed by atoms with E-state index in [4.69, 9.17) is 5.11 Å². The molecule has 2 aliphatic rings. The zero-order valence-electron chi connectivity index (χ0n) is 14.0. The highest BCUT2D eigenvalue weighted by atomic mass is 16.4. The highest BCUT2D eigenvalue weighted by Gasteiger charge is 2.34. The molecule has 2 fully saturated rings. The van der Waals surface area contributed by atoms with Crippen molar-refractivity contribution in [2.24, 2.45) is 5.92 Å². The van der Waals surface area contributed by atoms with Crippen molar-refractivity contribution in [3.63, 3.8) is 0 Å². The van der Waals surface area contributed by atoms with Gasteiger partial charge in [0, 0.05) is 25.5 Å². The van der Waals surface area contributed by atoms with Gasteiger partial charge in [-0.1, -0.05) is 0 Å². The van der Waals surface area contributed by atoms with Gasteiger partial charge in [0.25, 0.3) is 0 Å². The van der Waals surface area contributed by atoms with Crippen LogP contribution in [0.1, 0.15) is 32.1 Å². The van der Waals surface area contributed by atoms with Crippen LogP contribution in [0.5, 0.6) is 0 Å². The number of amides is 1. The van der Waals surface area contributed by atoms with Gasteiger partial charge in [0.15, 0.2) is 0 Å². The summed E-state index contributed by atoms with van der Waals surface area (Å²) in [5.41, 5.74) is 0. The van der Waals surface area contributed by atoms with E-state index in [9.17, 15) is 9.59 Å². The molecule has 1 atom stereocenters. The molecule has 132 valence electrons. The third-order valence-corrected chi connectivity index (χ3v) is 5.17. The first-order valence-electron chi connectivity index (χ1n) is 8.85. The summed E-state index contributed by atoms with van der Waals surface area (Å²) in [7, 11) is 0. The monoisotopic (exact) mass is 334 g/mol. The lowest BCUT2D eigenvalue weighted by Crippen LogP contribution is -2.51. The summed E-state index contributed by atoms with van der Waals surface area (Å²) in [5.74, 6) is -0.334. The van der Waals surface area contributed by atoms with Crippen LogP contribution in [0.15, 0.2) is 18.5 Å². The number of piperidine rings is 1. The fraction of sp³-hybridized carbons (Fsp3) is 0.706. The van der Waals surface area contributed by atoms with Crippen LogP contribution in [0.3, 0.4) is 0 Å². The lowest BCUT2D eigenvalue weighted by molar-refractivity contribution is -0.146. The van der Waals surface area contributed by atoms with Gasteiger partial charge >= 0.3 is 5.97 Å². The molecule has 1 aromatic rings. The number of rotatable bonds is 5. The van der Waals surface area contributed by atoms with Crippen LogP contribution < -0.4 is 0 Å². The second-order valence-electron chi connectivity index (χ2n) is 6.87. The topological polar surface area (TPSA) is 78.7 Å². The van der Waals surface area contributed by atoms with Crippen LogP contribution in [-0.2, 0) is 16.1 Å². The van der Waals surface area contributed by atoms with Gasteiger partial charge < -0.3 is 10.0 Å². The quantitative estimate of drug-likeness (QED) is 0.871. The summed E-state index contributed by atoms with van der Waals surface area (Å²) in [6.45, 7) is 3.14. The zero-order chi connectivity index (χ0) is 16.9. The Kier molecular flexibility index (Phi) is 5.50. The second kappa shape index (κ2) is 7.79. The number of carbonyl (C=O) groups excluding carboxylic acids is 1. The molecule has 1 unspecified atom stereocenters. The Morgan fingerprint density at radius 2 is 2.00 bits per heavy atom. The molecule has 3 rings (SSSR count). The van der Waals surface area contributed by atoms with E-state index in [2.05, 4.69) is 10.00 Å². The number of carboxylic acid groups (broad SMARTS) is 1. The smallest absolute Gasteiger partial charge is 0.323 e. The minimum atomic E-state index is -0.929. The standard InChI is InChI=1S/C17H26N4O3/c22-16(23)13-20-8-2-1-4-15(17(20)24)19-10-5-14(6-11-19)12-21-9-3-7-18-21/h3,7,9,14-15H,1-2,4-6,8,10-13H2,(H,22,23). The second-order valence-corrected chi connectivity index (χ2v) is 6.87. The van der Waals surface area contributed by atoms with Gasteiger partial charge in [0.05, 0.1) is 6.04 Å². The van der Waals surface area contributed by atoms with E-state index in [-0.39, 0.29) is 18.5 Å². The normalized spacial score (nSPS) is 24.1. The molecule has 7 heteroatoms. The van der Waals surface area contributed by atoms with Crippen molar-refractivity contribution in [1.29, 1.82) is 0 Å². The SMILES string of the molecule is O=C(O)CN1CCCCC(N2CCC(Cn3cccn3)CC2)C1=O. The predicted molar refractivity (Wildman–Crippen MR) is 88.4 cm³/mol. The fourth-order valence-electron chi connectivity index (χ4n) is 3.86. The van der Waals surface area contributed by atoms with Crippen molar-refractivity contribution in [3.05, 3.63) is 18.5 Å². The van der Waals surface area contributed by atoms with Crippen LogP contribution >= 0.6 is 0 Å². The minimum absolute atomic E-state index is 0.000395. The molecule has 0 aliphatic carbocycles. The largest absolute Gasteiger partial charge is 0.480 e. The van der Waals surface area contributed by atoms with Crippen molar-refractivity contribution in [3.8, 4) is 0 Å². The first kappa shape index (κ1) is 17.0. The van der Waals surface area contributed by atoms with Crippen molar-refractivity contribution in [2.75, 3.05) is 26.2 Å². The number of aliphatic carboxylic acids is 1. The van der Waals surface area contributed by atoms with Gasteiger partial charge in [0.1, 0.15) is 6.54 Å². The van der Waals surface area contributed by atoms with E-state index in [0.717, 1.165) is 51.7 Å². The fourth-order valence-corrected chi connectivity index (χ4v) is 3.86. The number of hydrogen-bond donors (Lipinski definition) is 1. The molecule has 0 aromatic carbocycles. The molecule has 0 spiro atoms. The molecule has 0 bridgehead atoms. The van der Waals surface area contributed by atoms with E-state index in [1.165, 1.54) is 4.90 Å². The zero-order valence-corrected chi connectivity index (χ0v) is 14.0. The number of hydrogen-bond acceptors (Lipinski definition) is 4. The number of likely N-dealkylation sites (tertiary alicyclic amines) is 2. The Hall–Kier alpha value is -1.89. The van der Waals surface area contributed by atoms with Gasteiger partial charge in [-0.05, 0) is 57.2 Å². The Balaban J connectivity index is 1.55. The summed E-state index contributed by atoms with van der Waals surface area (Å²) in [4.78, 5) is 27.5. The average Bonchev–Trinajstić information content (AvgIpc) is 3.00. The van der Waals surface area contributed by atoms with Crippen molar-refractivity contribution < 1.29 is 14.7 Å². The van der Waals surface area contributed by atoms with Crippen LogP contribution in [0.4, 0.5) is 0 Å². The van der Waals surface area contributed by atoms with E-state index >= 15 is 0 Å². The summed E-state index contributed by atoms with van der Waals surface area (Å²) in [5, 5.41) is 13.3. The molecule has 7 nitrogen and oxygen atoms in total. The molecule has 24 heavy (non-hydrogen) atoms. The summed E-state index contributed by atoms with van der Waals surface area (Å²) in [6, 6.07) is 1.80. The molecule has 1 aromatic heterocycles. The van der Waals surface area contributed by atoms with Crippen molar-refractivity contribution in [1.82, 2.24) is 19.6 Å². The lowest BCUT2D eigenvalue weighted by atomic mass is 9.94. The third kappa shape index (κ3) is 4.14. The van der Waals surface area contributed by atoms with E-state index < -0.39 is 5.97 Å². The first-order valence-corrected chi connectivity index (χ1v) is 8.85. The van der Waals surface area contributed by atoms with Gasteiger partial charge in [0.2, 0.25) is 5.91 Å². The first-order chi connectivity index (χ1) is 11.6. The number of aromatic nitrogens is 2. The van der Waals surface area contributed by atoms with Gasteiger partial charge in [-0.25, -0.2) is 0 Å². The van der Waals surface area contributed by atoms with Crippen LogP contribution in [0.25, 0.3) is 0 Å². The summed E-state index contributed by atoms with van der Waals surface area (Å²) in [6.07, 6.45) is 8.64. The van der Waals surface area contributed by atoms with Gasteiger partial charge in [-0.15, -0.1) is 0 Å². The summed E-state index contributed by atoms with van der Waals surface area (Å²) < 4.78 is 1.98. The molecule has 1 amide bonds. The molecule has 0 radical (unpaired) electrons. The number of carboxylic acids is 1.